The summed E-state index contributed by atoms with van der Waals surface area (Å²) >= 11 is 0. The maximum absolute atomic E-state index is 12.9. The number of hydrogen-bond acceptors (Lipinski definition) is 3. The van der Waals surface area contributed by atoms with Crippen molar-refractivity contribution in [1.82, 2.24) is 10.2 Å². The minimum absolute atomic E-state index is 0.0909. The number of alkyl carbamates (subject to hydrolysis) is 1. The third-order valence-electron chi connectivity index (χ3n) is 6.30. The lowest BCUT2D eigenvalue weighted by molar-refractivity contribution is -0.142. The normalized spacial score (nSPS) is 28.1. The molecule has 0 aromatic heterocycles. The van der Waals surface area contributed by atoms with E-state index in [1.54, 1.807) is 12.1 Å². The number of ether oxygens (including phenoxy) is 1. The van der Waals surface area contributed by atoms with Crippen molar-refractivity contribution in [2.75, 3.05) is 19.7 Å². The molecule has 1 N–H and O–H groups in total. The predicted molar refractivity (Wildman–Crippen MR) is 94.7 cm³/mol. The monoisotopic (exact) mass is 396 g/mol. The van der Waals surface area contributed by atoms with Gasteiger partial charge in [-0.1, -0.05) is 12.1 Å². The van der Waals surface area contributed by atoms with Gasteiger partial charge in [-0.05, 0) is 55.7 Å². The van der Waals surface area contributed by atoms with Gasteiger partial charge in [0.25, 0.3) is 0 Å². The second-order valence-electron chi connectivity index (χ2n) is 8.26. The molecule has 0 bridgehead atoms. The Morgan fingerprint density at radius 1 is 1.25 bits per heavy atom. The average molecular weight is 396 g/mol. The largest absolute Gasteiger partial charge is 0.447 e. The zero-order valence-electron chi connectivity index (χ0n) is 15.6. The van der Waals surface area contributed by atoms with E-state index in [-0.39, 0.29) is 28.8 Å². The standard InChI is InChI=1S/C20H23F3N2O3/c1-12-8-14(2-3-16(12)20(21,22)23)13-4-6-25(7-5-13)17(26)15-9-19(10-15)11-28-18(27)24-19/h2-3,8,13,15H,4-7,9-11H2,1H3,(H,24,27). The molecule has 0 atom stereocenters. The number of nitrogens with zero attached hydrogens (tertiary/aromatic N) is 1. The van der Waals surface area contributed by atoms with Crippen LogP contribution in [0.1, 0.15) is 48.3 Å². The summed E-state index contributed by atoms with van der Waals surface area (Å²) in [5.74, 6) is 0.181. The van der Waals surface area contributed by atoms with Gasteiger partial charge in [-0.2, -0.15) is 13.2 Å². The summed E-state index contributed by atoms with van der Waals surface area (Å²) in [7, 11) is 0. The van der Waals surface area contributed by atoms with Crippen LogP contribution < -0.4 is 5.32 Å². The lowest BCUT2D eigenvalue weighted by Crippen LogP contribution is -2.58. The zero-order chi connectivity index (χ0) is 20.1. The van der Waals surface area contributed by atoms with E-state index in [0.29, 0.717) is 32.5 Å². The third kappa shape index (κ3) is 3.44. The molecule has 2 amide bonds. The number of piperidine rings is 1. The summed E-state index contributed by atoms with van der Waals surface area (Å²) < 4.78 is 43.7. The molecule has 1 spiro atoms. The van der Waals surface area contributed by atoms with E-state index in [4.69, 9.17) is 4.74 Å². The lowest BCUT2D eigenvalue weighted by atomic mass is 9.68. The molecule has 152 valence electrons. The molecule has 3 fully saturated rings. The first-order chi connectivity index (χ1) is 13.2. The molecule has 2 saturated heterocycles. The van der Waals surface area contributed by atoms with Gasteiger partial charge in [0.2, 0.25) is 5.91 Å². The fourth-order valence-corrected chi connectivity index (χ4v) is 4.72. The fraction of sp³-hybridized carbons (Fsp3) is 0.600. The number of amides is 2. The van der Waals surface area contributed by atoms with Crippen LogP contribution in [0.5, 0.6) is 0 Å². The second-order valence-corrected chi connectivity index (χ2v) is 8.26. The van der Waals surface area contributed by atoms with Crippen LogP contribution in [0, 0.1) is 12.8 Å². The molecule has 1 aromatic carbocycles. The van der Waals surface area contributed by atoms with Crippen molar-refractivity contribution in [3.63, 3.8) is 0 Å². The molecule has 2 heterocycles. The van der Waals surface area contributed by atoms with E-state index >= 15 is 0 Å². The Bertz CT molecular complexity index is 794. The van der Waals surface area contributed by atoms with Crippen molar-refractivity contribution in [1.29, 1.82) is 0 Å². The number of halogens is 3. The SMILES string of the molecule is Cc1cc(C2CCN(C(=O)C3CC4(COC(=O)N4)C3)CC2)ccc1C(F)(F)F. The van der Waals surface area contributed by atoms with Crippen LogP contribution in [0.4, 0.5) is 18.0 Å². The summed E-state index contributed by atoms with van der Waals surface area (Å²) in [6.45, 7) is 3.03. The smallest absolute Gasteiger partial charge is 0.416 e. The number of cyclic esters (lactones) is 1. The van der Waals surface area contributed by atoms with Gasteiger partial charge in [0.05, 0.1) is 11.1 Å². The number of carbonyl (C=O) groups excluding carboxylic acids is 2. The van der Waals surface area contributed by atoms with Crippen LogP contribution in [0.25, 0.3) is 0 Å². The van der Waals surface area contributed by atoms with Crippen molar-refractivity contribution >= 4 is 12.0 Å². The average Bonchev–Trinajstić information content (AvgIpc) is 3.01. The lowest BCUT2D eigenvalue weighted by Gasteiger charge is -2.45. The summed E-state index contributed by atoms with van der Waals surface area (Å²) in [5, 5.41) is 2.79. The summed E-state index contributed by atoms with van der Waals surface area (Å²) in [6.07, 6.45) is -2.05. The van der Waals surface area contributed by atoms with Gasteiger partial charge in [0.15, 0.2) is 0 Å². The molecule has 3 aliphatic rings. The van der Waals surface area contributed by atoms with Crippen LogP contribution in [-0.4, -0.2) is 42.1 Å². The van der Waals surface area contributed by atoms with E-state index in [1.165, 1.54) is 6.92 Å². The van der Waals surface area contributed by atoms with Crippen LogP contribution in [0.3, 0.4) is 0 Å². The molecule has 1 aromatic rings. The number of carbonyl (C=O) groups is 2. The first-order valence-corrected chi connectivity index (χ1v) is 9.58. The van der Waals surface area contributed by atoms with Gasteiger partial charge in [-0.15, -0.1) is 0 Å². The van der Waals surface area contributed by atoms with Gasteiger partial charge in [-0.25, -0.2) is 4.79 Å². The predicted octanol–water partition coefficient (Wildman–Crippen LogP) is 3.61. The molecule has 0 radical (unpaired) electrons. The maximum Gasteiger partial charge on any atom is 0.416 e. The first kappa shape index (κ1) is 19.1. The van der Waals surface area contributed by atoms with Gasteiger partial charge >= 0.3 is 12.3 Å². The van der Waals surface area contributed by atoms with Gasteiger partial charge in [0, 0.05) is 19.0 Å². The molecule has 8 heteroatoms. The number of hydrogen-bond donors (Lipinski definition) is 1. The van der Waals surface area contributed by atoms with E-state index in [9.17, 15) is 22.8 Å². The van der Waals surface area contributed by atoms with Crippen molar-refractivity contribution in [3.05, 3.63) is 34.9 Å². The van der Waals surface area contributed by atoms with Crippen LogP contribution >= 0.6 is 0 Å². The Labute approximate surface area is 161 Å². The summed E-state index contributed by atoms with van der Waals surface area (Å²) in [4.78, 5) is 25.8. The Kier molecular flexibility index (Phi) is 4.55. The number of rotatable bonds is 2. The molecule has 1 saturated carbocycles. The highest BCUT2D eigenvalue weighted by Crippen LogP contribution is 2.42. The van der Waals surface area contributed by atoms with E-state index in [0.717, 1.165) is 24.5 Å². The van der Waals surface area contributed by atoms with Crippen molar-refractivity contribution < 1.29 is 27.5 Å². The third-order valence-corrected chi connectivity index (χ3v) is 6.30. The van der Waals surface area contributed by atoms with Crippen LogP contribution in [-0.2, 0) is 15.7 Å². The quantitative estimate of drug-likeness (QED) is 0.831. The van der Waals surface area contributed by atoms with Crippen molar-refractivity contribution in [3.8, 4) is 0 Å². The fourth-order valence-electron chi connectivity index (χ4n) is 4.72. The van der Waals surface area contributed by atoms with Gasteiger partial charge in [-0.3, -0.25) is 4.79 Å². The first-order valence-electron chi connectivity index (χ1n) is 9.58. The van der Waals surface area contributed by atoms with E-state index in [2.05, 4.69) is 5.32 Å². The molecular formula is C20H23F3N2O3. The number of nitrogens with one attached hydrogen (secondary N) is 1. The Morgan fingerprint density at radius 3 is 2.46 bits per heavy atom. The molecular weight excluding hydrogens is 373 g/mol. The highest BCUT2D eigenvalue weighted by Gasteiger charge is 2.53. The van der Waals surface area contributed by atoms with Crippen molar-refractivity contribution in [2.45, 2.75) is 50.2 Å². The minimum atomic E-state index is -4.33. The second kappa shape index (κ2) is 6.67. The molecule has 5 nitrogen and oxygen atoms in total. The molecule has 0 unspecified atom stereocenters. The molecule has 1 aliphatic carbocycles. The maximum atomic E-state index is 12.9. The van der Waals surface area contributed by atoms with E-state index in [1.807, 2.05) is 4.90 Å². The number of alkyl halides is 3. The highest BCUT2D eigenvalue weighted by atomic mass is 19.4. The van der Waals surface area contributed by atoms with E-state index < -0.39 is 17.8 Å². The zero-order valence-corrected chi connectivity index (χ0v) is 15.6. The summed E-state index contributed by atoms with van der Waals surface area (Å²) in [5.41, 5.74) is 0.189. The highest BCUT2D eigenvalue weighted by molar-refractivity contribution is 5.81. The molecule has 28 heavy (non-hydrogen) atoms. The van der Waals surface area contributed by atoms with Gasteiger partial charge < -0.3 is 15.0 Å². The Morgan fingerprint density at radius 2 is 1.93 bits per heavy atom. The minimum Gasteiger partial charge on any atom is -0.447 e. The Hall–Kier alpha value is -2.25. The van der Waals surface area contributed by atoms with Crippen LogP contribution in [0.15, 0.2) is 18.2 Å². The van der Waals surface area contributed by atoms with Gasteiger partial charge in [0.1, 0.15) is 6.61 Å². The Balaban J connectivity index is 1.32. The summed E-state index contributed by atoms with van der Waals surface area (Å²) in [6, 6.07) is 4.35. The topological polar surface area (TPSA) is 58.6 Å². The number of aryl methyl sites for hydroxylation is 1. The number of likely N-dealkylation sites (tertiary alicyclic amines) is 1. The van der Waals surface area contributed by atoms with Crippen LogP contribution in [0.2, 0.25) is 0 Å². The molecule has 4 rings (SSSR count). The molecule has 2 aliphatic heterocycles. The van der Waals surface area contributed by atoms with Crippen molar-refractivity contribution in [2.24, 2.45) is 5.92 Å². The number of benzene rings is 1.